The van der Waals surface area contributed by atoms with E-state index in [-0.39, 0.29) is 17.7 Å². The molecule has 1 saturated carbocycles. The molecule has 2 aromatic rings. The van der Waals surface area contributed by atoms with Crippen molar-refractivity contribution in [2.45, 2.75) is 31.6 Å². The lowest BCUT2D eigenvalue weighted by Crippen LogP contribution is -2.29. The Morgan fingerprint density at radius 3 is 2.88 bits per heavy atom. The van der Waals surface area contributed by atoms with E-state index in [4.69, 9.17) is 0 Å². The summed E-state index contributed by atoms with van der Waals surface area (Å²) < 4.78 is 13.5. The Morgan fingerprint density at radius 1 is 1.38 bits per heavy atom. The van der Waals surface area contributed by atoms with E-state index in [1.807, 2.05) is 13.0 Å². The lowest BCUT2D eigenvalue weighted by molar-refractivity contribution is 0.0784. The van der Waals surface area contributed by atoms with Crippen LogP contribution < -0.4 is 0 Å². The summed E-state index contributed by atoms with van der Waals surface area (Å²) in [5.74, 6) is 1.51. The number of amides is 1. The van der Waals surface area contributed by atoms with Crippen molar-refractivity contribution in [2.24, 2.45) is 5.92 Å². The van der Waals surface area contributed by atoms with Crippen molar-refractivity contribution in [3.63, 3.8) is 0 Å². The molecular formula is C17H20FN5O. The third-order valence-electron chi connectivity index (χ3n) is 4.90. The molecule has 0 spiro atoms. The molecule has 1 aliphatic carbocycles. The number of aromatic nitrogens is 4. The number of nitrogens with one attached hydrogen (secondary N) is 1. The normalized spacial score (nSPS) is 23.7. The van der Waals surface area contributed by atoms with Gasteiger partial charge >= 0.3 is 0 Å². The number of pyridine rings is 1. The van der Waals surface area contributed by atoms with Crippen LogP contribution in [-0.2, 0) is 0 Å². The molecule has 2 atom stereocenters. The fraction of sp³-hybridized carbons (Fsp3) is 0.529. The van der Waals surface area contributed by atoms with Gasteiger partial charge < -0.3 is 4.90 Å². The van der Waals surface area contributed by atoms with E-state index >= 15 is 0 Å². The van der Waals surface area contributed by atoms with Crippen molar-refractivity contribution < 1.29 is 9.18 Å². The average Bonchev–Trinajstić information content (AvgIpc) is 3.18. The second-order valence-corrected chi connectivity index (χ2v) is 6.77. The highest BCUT2D eigenvalue weighted by molar-refractivity contribution is 5.94. The van der Waals surface area contributed by atoms with Gasteiger partial charge in [0.05, 0.1) is 12.2 Å². The Labute approximate surface area is 139 Å². The van der Waals surface area contributed by atoms with Gasteiger partial charge in [-0.05, 0) is 31.9 Å². The first-order valence-corrected chi connectivity index (χ1v) is 8.35. The SMILES string of the molecule is Cc1ccc(C(=O)N2C[C@@H](CF)[C@H](c3nc(C4CC4)n[nH]3)C2)cn1. The van der Waals surface area contributed by atoms with Crippen LogP contribution in [0, 0.1) is 12.8 Å². The molecule has 0 bridgehead atoms. The molecule has 1 N–H and O–H groups in total. The number of halogens is 1. The van der Waals surface area contributed by atoms with E-state index in [2.05, 4.69) is 20.2 Å². The smallest absolute Gasteiger partial charge is 0.255 e. The van der Waals surface area contributed by atoms with Crippen molar-refractivity contribution in [2.75, 3.05) is 19.8 Å². The predicted molar refractivity (Wildman–Crippen MR) is 85.4 cm³/mol. The molecule has 0 unspecified atom stereocenters. The van der Waals surface area contributed by atoms with Crippen LogP contribution in [0.2, 0.25) is 0 Å². The second kappa shape index (κ2) is 5.96. The maximum Gasteiger partial charge on any atom is 0.255 e. The Balaban J connectivity index is 1.52. The monoisotopic (exact) mass is 329 g/mol. The number of H-pyrrole nitrogens is 1. The standard InChI is InChI=1S/C17H20FN5O/c1-10-2-3-12(7-19-10)17(24)23-8-13(6-18)14(9-23)16-20-15(21-22-16)11-4-5-11/h2-3,7,11,13-14H,4-6,8-9H2,1H3,(H,20,21,22)/t13-,14-/m1/s1. The average molecular weight is 329 g/mol. The molecule has 2 aliphatic rings. The summed E-state index contributed by atoms with van der Waals surface area (Å²) in [6.07, 6.45) is 3.83. The third-order valence-corrected chi connectivity index (χ3v) is 4.90. The quantitative estimate of drug-likeness (QED) is 0.933. The van der Waals surface area contributed by atoms with Gasteiger partial charge in [0.15, 0.2) is 5.82 Å². The van der Waals surface area contributed by atoms with Gasteiger partial charge in [-0.3, -0.25) is 19.3 Å². The zero-order chi connectivity index (χ0) is 16.7. The molecular weight excluding hydrogens is 309 g/mol. The first kappa shape index (κ1) is 15.2. The summed E-state index contributed by atoms with van der Waals surface area (Å²) in [4.78, 5) is 23.0. The fourth-order valence-corrected chi connectivity index (χ4v) is 3.26. The molecule has 0 radical (unpaired) electrons. The molecule has 2 fully saturated rings. The van der Waals surface area contributed by atoms with E-state index in [1.54, 1.807) is 17.2 Å². The van der Waals surface area contributed by atoms with E-state index in [9.17, 15) is 9.18 Å². The zero-order valence-corrected chi connectivity index (χ0v) is 13.6. The second-order valence-electron chi connectivity index (χ2n) is 6.77. The molecule has 1 saturated heterocycles. The highest BCUT2D eigenvalue weighted by atomic mass is 19.1. The van der Waals surface area contributed by atoms with Gasteiger partial charge in [-0.1, -0.05) is 0 Å². The highest BCUT2D eigenvalue weighted by Crippen LogP contribution is 2.39. The highest BCUT2D eigenvalue weighted by Gasteiger charge is 2.39. The van der Waals surface area contributed by atoms with Crippen LogP contribution >= 0.6 is 0 Å². The van der Waals surface area contributed by atoms with Crippen molar-refractivity contribution >= 4 is 5.91 Å². The lowest BCUT2D eigenvalue weighted by Gasteiger charge is -2.15. The van der Waals surface area contributed by atoms with Crippen LogP contribution in [0.25, 0.3) is 0 Å². The summed E-state index contributed by atoms with van der Waals surface area (Å²) >= 11 is 0. The summed E-state index contributed by atoms with van der Waals surface area (Å²) in [5, 5.41) is 7.22. The molecule has 126 valence electrons. The Hall–Kier alpha value is -2.31. The third kappa shape index (κ3) is 2.79. The van der Waals surface area contributed by atoms with Gasteiger partial charge in [-0.2, -0.15) is 5.10 Å². The summed E-state index contributed by atoms with van der Waals surface area (Å²) in [5.41, 5.74) is 1.40. The molecule has 24 heavy (non-hydrogen) atoms. The van der Waals surface area contributed by atoms with E-state index in [0.29, 0.717) is 30.4 Å². The van der Waals surface area contributed by atoms with Gasteiger partial charge in [-0.25, -0.2) is 4.98 Å². The number of aryl methyl sites for hydroxylation is 1. The lowest BCUT2D eigenvalue weighted by atomic mass is 9.97. The molecule has 4 rings (SSSR count). The molecule has 1 amide bonds. The summed E-state index contributed by atoms with van der Waals surface area (Å²) in [7, 11) is 0. The van der Waals surface area contributed by atoms with Crippen LogP contribution in [0.15, 0.2) is 18.3 Å². The van der Waals surface area contributed by atoms with Gasteiger partial charge in [0.1, 0.15) is 5.82 Å². The van der Waals surface area contributed by atoms with Crippen molar-refractivity contribution in [1.29, 1.82) is 0 Å². The molecule has 2 aromatic heterocycles. The minimum atomic E-state index is -0.472. The Morgan fingerprint density at radius 2 is 2.21 bits per heavy atom. The minimum Gasteiger partial charge on any atom is -0.337 e. The maximum atomic E-state index is 13.5. The van der Waals surface area contributed by atoms with E-state index in [0.717, 1.165) is 24.4 Å². The zero-order valence-electron chi connectivity index (χ0n) is 13.6. The number of aromatic amines is 1. The number of alkyl halides is 1. The number of carbonyl (C=O) groups excluding carboxylic acids is 1. The summed E-state index contributed by atoms with van der Waals surface area (Å²) in [6.45, 7) is 2.26. The summed E-state index contributed by atoms with van der Waals surface area (Å²) in [6, 6.07) is 3.58. The van der Waals surface area contributed by atoms with Gasteiger partial charge in [0, 0.05) is 42.7 Å². The molecule has 0 aromatic carbocycles. The van der Waals surface area contributed by atoms with E-state index in [1.165, 1.54) is 0 Å². The van der Waals surface area contributed by atoms with Gasteiger partial charge in [0.25, 0.3) is 5.91 Å². The van der Waals surface area contributed by atoms with Gasteiger partial charge in [-0.15, -0.1) is 0 Å². The number of nitrogens with zero attached hydrogens (tertiary/aromatic N) is 4. The van der Waals surface area contributed by atoms with Crippen molar-refractivity contribution in [1.82, 2.24) is 25.1 Å². The van der Waals surface area contributed by atoms with Crippen LogP contribution in [-0.4, -0.2) is 50.7 Å². The number of likely N-dealkylation sites (tertiary alicyclic amines) is 1. The van der Waals surface area contributed by atoms with Gasteiger partial charge in [0.2, 0.25) is 0 Å². The fourth-order valence-electron chi connectivity index (χ4n) is 3.26. The predicted octanol–water partition coefficient (Wildman–Crippen LogP) is 2.21. The maximum absolute atomic E-state index is 13.5. The first-order valence-electron chi connectivity index (χ1n) is 8.35. The van der Waals surface area contributed by atoms with E-state index < -0.39 is 6.67 Å². The first-order chi connectivity index (χ1) is 11.7. The minimum absolute atomic E-state index is 0.106. The van der Waals surface area contributed by atoms with Crippen LogP contribution in [0.1, 0.15) is 52.4 Å². The molecule has 6 nitrogen and oxygen atoms in total. The number of rotatable bonds is 4. The molecule has 1 aliphatic heterocycles. The number of carbonyl (C=O) groups is 1. The number of hydrogen-bond donors (Lipinski definition) is 1. The van der Waals surface area contributed by atoms with Crippen LogP contribution in [0.3, 0.4) is 0 Å². The van der Waals surface area contributed by atoms with Crippen molar-refractivity contribution in [3.8, 4) is 0 Å². The van der Waals surface area contributed by atoms with Crippen LogP contribution in [0.5, 0.6) is 0 Å². The van der Waals surface area contributed by atoms with Crippen LogP contribution in [0.4, 0.5) is 4.39 Å². The topological polar surface area (TPSA) is 74.8 Å². The Bertz CT molecular complexity index is 740. The Kier molecular flexibility index (Phi) is 3.78. The number of hydrogen-bond acceptors (Lipinski definition) is 4. The van der Waals surface area contributed by atoms with Crippen molar-refractivity contribution in [3.05, 3.63) is 41.2 Å². The molecule has 3 heterocycles. The largest absolute Gasteiger partial charge is 0.337 e. The molecule has 7 heteroatoms.